The van der Waals surface area contributed by atoms with Crippen molar-refractivity contribution in [2.24, 2.45) is 11.7 Å². The Kier molecular flexibility index (Phi) is 2.97. The van der Waals surface area contributed by atoms with Crippen molar-refractivity contribution in [3.05, 3.63) is 10.8 Å². The minimum atomic E-state index is 0.567. The van der Waals surface area contributed by atoms with Crippen molar-refractivity contribution in [3.8, 4) is 0 Å². The second-order valence-electron chi connectivity index (χ2n) is 3.94. The van der Waals surface area contributed by atoms with Gasteiger partial charge >= 0.3 is 0 Å². The topological polar surface area (TPSA) is 69.1 Å². The van der Waals surface area contributed by atoms with Crippen LogP contribution in [-0.4, -0.2) is 26.4 Å². The van der Waals surface area contributed by atoms with E-state index < -0.39 is 0 Å². The molecule has 5 nitrogen and oxygen atoms in total. The van der Waals surface area contributed by atoms with Gasteiger partial charge < -0.3 is 5.73 Å². The highest BCUT2D eigenvalue weighted by molar-refractivity contribution is 7.16. The Morgan fingerprint density at radius 3 is 2.87 bits per heavy atom. The summed E-state index contributed by atoms with van der Waals surface area (Å²) in [5.41, 5.74) is 5.49. The van der Waals surface area contributed by atoms with E-state index in [1.807, 2.05) is 4.52 Å². The van der Waals surface area contributed by atoms with Gasteiger partial charge in [-0.3, -0.25) is 0 Å². The maximum Gasteiger partial charge on any atom is 0.234 e. The molecular weight excluding hydrogens is 210 g/mol. The Morgan fingerprint density at radius 1 is 1.40 bits per heavy atom. The van der Waals surface area contributed by atoms with Crippen molar-refractivity contribution < 1.29 is 0 Å². The highest BCUT2D eigenvalue weighted by Gasteiger charge is 2.11. The van der Waals surface area contributed by atoms with Gasteiger partial charge in [-0.15, -0.1) is 10.2 Å². The fourth-order valence-corrected chi connectivity index (χ4v) is 2.28. The summed E-state index contributed by atoms with van der Waals surface area (Å²) in [5.74, 6) is 1.51. The lowest BCUT2D eigenvalue weighted by atomic mass is 10.1. The third-order valence-electron chi connectivity index (χ3n) is 2.05. The fraction of sp³-hybridized carbons (Fsp3) is 0.667. The maximum atomic E-state index is 5.49. The highest BCUT2D eigenvalue weighted by atomic mass is 32.1. The monoisotopic (exact) mass is 225 g/mol. The van der Waals surface area contributed by atoms with Crippen molar-refractivity contribution in [2.75, 3.05) is 6.54 Å². The molecule has 0 unspecified atom stereocenters. The van der Waals surface area contributed by atoms with Crippen LogP contribution in [-0.2, 0) is 12.8 Å². The molecule has 2 aromatic rings. The number of fused-ring (bicyclic) bond motifs is 1. The molecule has 6 heteroatoms. The van der Waals surface area contributed by atoms with Crippen molar-refractivity contribution in [3.63, 3.8) is 0 Å². The van der Waals surface area contributed by atoms with Crippen LogP contribution in [0.4, 0.5) is 0 Å². The van der Waals surface area contributed by atoms with Crippen molar-refractivity contribution in [2.45, 2.75) is 26.7 Å². The first-order valence-electron chi connectivity index (χ1n) is 5.10. The zero-order valence-electron chi connectivity index (χ0n) is 8.97. The smallest absolute Gasteiger partial charge is 0.234 e. The molecule has 2 aromatic heterocycles. The van der Waals surface area contributed by atoms with Gasteiger partial charge in [0.05, 0.1) is 0 Å². The van der Waals surface area contributed by atoms with E-state index in [-0.39, 0.29) is 0 Å². The summed E-state index contributed by atoms with van der Waals surface area (Å²) in [7, 11) is 0. The predicted octanol–water partition coefficient (Wildman–Crippen LogP) is 0.885. The maximum absolute atomic E-state index is 5.49. The van der Waals surface area contributed by atoms with Crippen molar-refractivity contribution in [1.29, 1.82) is 0 Å². The molecule has 0 bridgehead atoms. The minimum absolute atomic E-state index is 0.567. The molecular formula is C9H15N5S. The number of nitrogens with zero attached hydrogens (tertiary/aromatic N) is 4. The number of hydrogen-bond donors (Lipinski definition) is 1. The lowest BCUT2D eigenvalue weighted by Gasteiger charge is -1.99. The van der Waals surface area contributed by atoms with Crippen molar-refractivity contribution >= 4 is 16.3 Å². The zero-order valence-corrected chi connectivity index (χ0v) is 9.79. The molecule has 0 atom stereocenters. The second-order valence-corrected chi connectivity index (χ2v) is 4.98. The summed E-state index contributed by atoms with van der Waals surface area (Å²) >= 11 is 1.57. The lowest BCUT2D eigenvalue weighted by Crippen LogP contribution is -2.05. The van der Waals surface area contributed by atoms with E-state index in [0.717, 1.165) is 28.6 Å². The molecule has 82 valence electrons. The summed E-state index contributed by atoms with van der Waals surface area (Å²) in [4.78, 5) is 0.870. The van der Waals surface area contributed by atoms with Crippen LogP contribution in [0.15, 0.2) is 0 Å². The SMILES string of the molecule is CC(C)Cc1nnc2sc(CCN)nn12. The van der Waals surface area contributed by atoms with E-state index in [1.165, 1.54) is 0 Å². The Hall–Kier alpha value is -1.01. The fourth-order valence-electron chi connectivity index (χ4n) is 1.41. The number of nitrogens with two attached hydrogens (primary N) is 1. The Balaban J connectivity index is 2.31. The zero-order chi connectivity index (χ0) is 10.8. The third-order valence-corrected chi connectivity index (χ3v) is 3.00. The average molecular weight is 225 g/mol. The van der Waals surface area contributed by atoms with Gasteiger partial charge in [0.25, 0.3) is 0 Å². The van der Waals surface area contributed by atoms with E-state index in [0.29, 0.717) is 12.5 Å². The van der Waals surface area contributed by atoms with E-state index in [1.54, 1.807) is 11.3 Å². The highest BCUT2D eigenvalue weighted by Crippen LogP contribution is 2.15. The molecule has 0 radical (unpaired) electrons. The summed E-state index contributed by atoms with van der Waals surface area (Å²) in [6, 6.07) is 0. The Morgan fingerprint density at radius 2 is 2.20 bits per heavy atom. The van der Waals surface area contributed by atoms with Crippen LogP contribution in [0.2, 0.25) is 0 Å². The molecule has 15 heavy (non-hydrogen) atoms. The molecule has 0 fully saturated rings. The van der Waals surface area contributed by atoms with Crippen LogP contribution in [0, 0.1) is 5.92 Å². The largest absolute Gasteiger partial charge is 0.330 e. The summed E-state index contributed by atoms with van der Waals surface area (Å²) in [5, 5.41) is 13.7. The first kappa shape index (κ1) is 10.5. The van der Waals surface area contributed by atoms with Gasteiger partial charge in [-0.1, -0.05) is 25.2 Å². The molecule has 0 aliphatic rings. The van der Waals surface area contributed by atoms with Gasteiger partial charge in [-0.25, -0.2) is 0 Å². The minimum Gasteiger partial charge on any atom is -0.330 e. The standard InChI is InChI=1S/C9H15N5S/c1-6(2)5-7-11-12-9-14(7)13-8(15-9)3-4-10/h6H,3-5,10H2,1-2H3. The number of hydrogen-bond acceptors (Lipinski definition) is 5. The van der Waals surface area contributed by atoms with Gasteiger partial charge in [0.15, 0.2) is 5.82 Å². The third kappa shape index (κ3) is 2.15. The molecule has 2 rings (SSSR count). The molecule has 2 heterocycles. The Bertz CT molecular complexity index is 444. The van der Waals surface area contributed by atoms with E-state index in [4.69, 9.17) is 5.73 Å². The van der Waals surface area contributed by atoms with E-state index in [9.17, 15) is 0 Å². The van der Waals surface area contributed by atoms with Crippen molar-refractivity contribution in [1.82, 2.24) is 19.8 Å². The lowest BCUT2D eigenvalue weighted by molar-refractivity contribution is 0.605. The molecule has 0 amide bonds. The van der Waals surface area contributed by atoms with E-state index in [2.05, 4.69) is 29.1 Å². The molecule has 0 aliphatic carbocycles. The first-order chi connectivity index (χ1) is 7.20. The molecule has 0 aromatic carbocycles. The van der Waals surface area contributed by atoms with Gasteiger partial charge in [-0.05, 0) is 12.5 Å². The molecule has 2 N–H and O–H groups in total. The molecule has 0 aliphatic heterocycles. The predicted molar refractivity (Wildman–Crippen MR) is 60.0 cm³/mol. The number of rotatable bonds is 4. The summed E-state index contributed by atoms with van der Waals surface area (Å²) < 4.78 is 1.84. The van der Waals surface area contributed by atoms with Crippen LogP contribution >= 0.6 is 11.3 Å². The van der Waals surface area contributed by atoms with Gasteiger partial charge in [0.1, 0.15) is 5.01 Å². The average Bonchev–Trinajstić information content (AvgIpc) is 2.68. The second kappa shape index (κ2) is 4.24. The van der Waals surface area contributed by atoms with Crippen LogP contribution in [0.1, 0.15) is 24.7 Å². The quantitative estimate of drug-likeness (QED) is 0.839. The van der Waals surface area contributed by atoms with Crippen LogP contribution in [0.5, 0.6) is 0 Å². The van der Waals surface area contributed by atoms with Crippen LogP contribution in [0.25, 0.3) is 4.96 Å². The van der Waals surface area contributed by atoms with E-state index >= 15 is 0 Å². The number of aromatic nitrogens is 4. The Labute approximate surface area is 92.3 Å². The molecule has 0 saturated heterocycles. The summed E-state index contributed by atoms with van der Waals surface area (Å²) in [6.45, 7) is 4.95. The van der Waals surface area contributed by atoms with Gasteiger partial charge in [0, 0.05) is 12.8 Å². The van der Waals surface area contributed by atoms with Crippen LogP contribution in [0.3, 0.4) is 0 Å². The molecule has 0 saturated carbocycles. The van der Waals surface area contributed by atoms with Gasteiger partial charge in [0.2, 0.25) is 4.96 Å². The normalized spacial score (nSPS) is 11.7. The first-order valence-corrected chi connectivity index (χ1v) is 5.92. The van der Waals surface area contributed by atoms with Gasteiger partial charge in [-0.2, -0.15) is 9.61 Å². The molecule has 0 spiro atoms. The summed E-state index contributed by atoms with van der Waals surface area (Å²) in [6.07, 6.45) is 1.72. The van der Waals surface area contributed by atoms with Crippen LogP contribution < -0.4 is 5.73 Å².